The normalized spacial score (nSPS) is 27.5. The van der Waals surface area contributed by atoms with E-state index in [-0.39, 0.29) is 6.61 Å². The first-order valence-electron chi connectivity index (χ1n) is 7.55. The molecule has 1 aliphatic heterocycles. The van der Waals surface area contributed by atoms with E-state index in [1.807, 2.05) is 0 Å². The molecule has 0 aromatic heterocycles. The summed E-state index contributed by atoms with van der Waals surface area (Å²) in [6.07, 6.45) is -3.72. The van der Waals surface area contributed by atoms with E-state index in [0.29, 0.717) is 0 Å². The average molecular weight is 372 g/mol. The fraction of sp³-hybridized carbons (Fsp3) is 0.714. The van der Waals surface area contributed by atoms with Crippen LogP contribution in [-0.4, -0.2) is 61.0 Å². The summed E-state index contributed by atoms with van der Waals surface area (Å²) in [6.45, 7) is 3.82. The summed E-state index contributed by atoms with van der Waals surface area (Å²) < 4.78 is 20.7. The molecule has 0 saturated carbocycles. The molecular weight excluding hydrogens is 352 g/mol. The number of esters is 3. The molecule has 4 atom stereocenters. The summed E-state index contributed by atoms with van der Waals surface area (Å²) >= 11 is 0. The number of hydrogen-bond acceptors (Lipinski definition) is 9. The van der Waals surface area contributed by atoms with Crippen molar-refractivity contribution >= 4 is 23.8 Å². The Bertz CT molecular complexity index is 632. The number of hydrogen-bond donors (Lipinski definition) is 1. The van der Waals surface area contributed by atoms with Gasteiger partial charge in [0.2, 0.25) is 5.91 Å². The monoisotopic (exact) mass is 372 g/mol. The minimum Gasteiger partial charge on any atom is -0.463 e. The van der Waals surface area contributed by atoms with Crippen molar-refractivity contribution < 1.29 is 38.1 Å². The molecule has 0 bridgehead atoms. The van der Waals surface area contributed by atoms with Crippen molar-refractivity contribution in [2.45, 2.75) is 51.7 Å². The van der Waals surface area contributed by atoms with E-state index in [9.17, 15) is 19.2 Å². The first-order chi connectivity index (χ1) is 12.1. The van der Waals surface area contributed by atoms with Crippen LogP contribution in [0.2, 0.25) is 0 Å². The number of carbonyl (C=O) groups excluding carboxylic acids is 4. The second-order valence-corrected chi connectivity index (χ2v) is 5.55. The fourth-order valence-electron chi connectivity index (χ4n) is 2.50. The van der Waals surface area contributed by atoms with Crippen molar-refractivity contribution in [1.82, 2.24) is 5.32 Å². The van der Waals surface area contributed by atoms with Gasteiger partial charge in [0.25, 0.3) is 0 Å². The van der Waals surface area contributed by atoms with Crippen LogP contribution in [-0.2, 0) is 38.1 Å². The Hall–Kier alpha value is -2.85. The van der Waals surface area contributed by atoms with Gasteiger partial charge in [0, 0.05) is 32.6 Å². The third-order valence-electron chi connectivity index (χ3n) is 3.31. The summed E-state index contributed by atoms with van der Waals surface area (Å²) in [5.41, 5.74) is 7.04. The average Bonchev–Trinajstić information content (AvgIpc) is 2.49. The van der Waals surface area contributed by atoms with Crippen LogP contribution in [0.15, 0.2) is 5.11 Å². The van der Waals surface area contributed by atoms with Crippen molar-refractivity contribution in [3.05, 3.63) is 10.4 Å². The van der Waals surface area contributed by atoms with Crippen LogP contribution in [0, 0.1) is 0 Å². The van der Waals surface area contributed by atoms with Gasteiger partial charge >= 0.3 is 17.9 Å². The van der Waals surface area contributed by atoms with Crippen molar-refractivity contribution in [1.29, 1.82) is 0 Å². The largest absolute Gasteiger partial charge is 0.463 e. The molecule has 0 radical (unpaired) electrons. The molecular formula is C14H20N4O8. The van der Waals surface area contributed by atoms with Gasteiger partial charge in [-0.15, -0.1) is 0 Å². The van der Waals surface area contributed by atoms with Crippen molar-refractivity contribution in [3.8, 4) is 0 Å². The van der Waals surface area contributed by atoms with Gasteiger partial charge in [0.15, 0.2) is 17.9 Å². The SMILES string of the molecule is CC(=O)N[C@]1(N=[N+]=[N-])CO[C@H](COC(C)=O)[C@@H](OC(C)=O)[C@@H]1OC(C)=O. The lowest BCUT2D eigenvalue weighted by Crippen LogP contribution is -2.69. The zero-order valence-electron chi connectivity index (χ0n) is 14.8. The standard InChI is InChI=1S/C14H20N4O8/c1-7(19)16-14(17-18-15)6-24-11(5-23-8(2)20)12(25-9(3)21)13(14)26-10(4)22/h11-13H,5-6H2,1-4H3,(H,16,19)/t11-,12-,13+,14+/m1/s1. The summed E-state index contributed by atoms with van der Waals surface area (Å²) in [7, 11) is 0. The maximum atomic E-state index is 11.6. The van der Waals surface area contributed by atoms with E-state index in [1.54, 1.807) is 0 Å². The van der Waals surface area contributed by atoms with E-state index in [4.69, 9.17) is 24.5 Å². The molecule has 0 aliphatic carbocycles. The van der Waals surface area contributed by atoms with Gasteiger partial charge in [-0.3, -0.25) is 19.2 Å². The lowest BCUT2D eigenvalue weighted by Gasteiger charge is -2.46. The quantitative estimate of drug-likeness (QED) is 0.223. The molecule has 1 amide bonds. The van der Waals surface area contributed by atoms with Crippen molar-refractivity contribution in [3.63, 3.8) is 0 Å². The number of azide groups is 1. The zero-order chi connectivity index (χ0) is 19.9. The molecule has 0 spiro atoms. The number of nitrogens with one attached hydrogen (secondary N) is 1. The lowest BCUT2D eigenvalue weighted by molar-refractivity contribution is -0.222. The second kappa shape index (κ2) is 9.02. The van der Waals surface area contributed by atoms with E-state index < -0.39 is 54.4 Å². The Morgan fingerprint density at radius 2 is 1.77 bits per heavy atom. The molecule has 1 saturated heterocycles. The van der Waals surface area contributed by atoms with Crippen LogP contribution in [0.3, 0.4) is 0 Å². The van der Waals surface area contributed by atoms with E-state index in [1.165, 1.54) is 6.92 Å². The molecule has 1 fully saturated rings. The van der Waals surface area contributed by atoms with E-state index in [0.717, 1.165) is 20.8 Å². The minimum absolute atomic E-state index is 0.308. The third-order valence-corrected chi connectivity index (χ3v) is 3.31. The highest BCUT2D eigenvalue weighted by Crippen LogP contribution is 2.31. The molecule has 0 aromatic carbocycles. The zero-order valence-corrected chi connectivity index (χ0v) is 14.8. The first-order valence-corrected chi connectivity index (χ1v) is 7.55. The second-order valence-electron chi connectivity index (χ2n) is 5.55. The van der Waals surface area contributed by atoms with Gasteiger partial charge in [-0.25, -0.2) is 0 Å². The smallest absolute Gasteiger partial charge is 0.303 e. The molecule has 144 valence electrons. The van der Waals surface area contributed by atoms with Gasteiger partial charge < -0.3 is 24.3 Å². The minimum atomic E-state index is -1.85. The van der Waals surface area contributed by atoms with Crippen LogP contribution in [0.1, 0.15) is 27.7 Å². The predicted molar refractivity (Wildman–Crippen MR) is 83.2 cm³/mol. The van der Waals surface area contributed by atoms with Crippen molar-refractivity contribution in [2.24, 2.45) is 5.11 Å². The number of rotatable bonds is 6. The molecule has 26 heavy (non-hydrogen) atoms. The number of nitrogens with zero attached hydrogens (tertiary/aromatic N) is 3. The molecule has 12 heteroatoms. The Kier molecular flexibility index (Phi) is 7.35. The number of carbonyl (C=O) groups is 4. The van der Waals surface area contributed by atoms with Gasteiger partial charge in [-0.05, 0) is 5.53 Å². The van der Waals surface area contributed by atoms with Gasteiger partial charge in [-0.1, -0.05) is 5.11 Å². The fourth-order valence-corrected chi connectivity index (χ4v) is 2.50. The van der Waals surface area contributed by atoms with Gasteiger partial charge in [-0.2, -0.15) is 0 Å². The molecule has 1 N–H and O–H groups in total. The topological polar surface area (TPSA) is 166 Å². The summed E-state index contributed by atoms with van der Waals surface area (Å²) in [5, 5.41) is 5.90. The summed E-state index contributed by atoms with van der Waals surface area (Å²) in [5.74, 6) is -2.72. The van der Waals surface area contributed by atoms with Crippen LogP contribution < -0.4 is 5.32 Å². The Labute approximate surface area is 148 Å². The summed E-state index contributed by atoms with van der Waals surface area (Å²) in [4.78, 5) is 48.4. The highest BCUT2D eigenvalue weighted by molar-refractivity contribution is 5.74. The van der Waals surface area contributed by atoms with Crippen LogP contribution in [0.25, 0.3) is 10.4 Å². The van der Waals surface area contributed by atoms with Crippen molar-refractivity contribution in [2.75, 3.05) is 13.2 Å². The molecule has 12 nitrogen and oxygen atoms in total. The maximum absolute atomic E-state index is 11.6. The number of amides is 1. The Morgan fingerprint density at radius 1 is 1.15 bits per heavy atom. The maximum Gasteiger partial charge on any atom is 0.303 e. The van der Waals surface area contributed by atoms with Crippen LogP contribution in [0.4, 0.5) is 0 Å². The van der Waals surface area contributed by atoms with Crippen LogP contribution >= 0.6 is 0 Å². The van der Waals surface area contributed by atoms with Crippen LogP contribution in [0.5, 0.6) is 0 Å². The van der Waals surface area contributed by atoms with Gasteiger partial charge in [0.1, 0.15) is 12.7 Å². The van der Waals surface area contributed by atoms with Gasteiger partial charge in [0.05, 0.1) is 6.61 Å². The van der Waals surface area contributed by atoms with E-state index >= 15 is 0 Å². The Morgan fingerprint density at radius 3 is 2.23 bits per heavy atom. The Balaban J connectivity index is 3.34. The highest BCUT2D eigenvalue weighted by Gasteiger charge is 2.55. The molecule has 1 aliphatic rings. The highest BCUT2D eigenvalue weighted by atomic mass is 16.6. The number of ether oxygens (including phenoxy) is 4. The first kappa shape index (κ1) is 21.2. The van der Waals surface area contributed by atoms with E-state index in [2.05, 4.69) is 15.3 Å². The lowest BCUT2D eigenvalue weighted by atomic mass is 9.92. The predicted octanol–water partition coefficient (Wildman–Crippen LogP) is -0.0456. The molecule has 0 aromatic rings. The third kappa shape index (κ3) is 5.60. The molecule has 0 unspecified atom stereocenters. The molecule has 1 heterocycles. The molecule has 1 rings (SSSR count). The summed E-state index contributed by atoms with van der Waals surface area (Å²) in [6, 6.07) is 0.